The molecule has 1 aromatic carbocycles. The van der Waals surface area contributed by atoms with E-state index < -0.39 is 0 Å². The quantitative estimate of drug-likeness (QED) is 0.778. The first-order valence-electron chi connectivity index (χ1n) is 5.01. The summed E-state index contributed by atoms with van der Waals surface area (Å²) in [5.41, 5.74) is 0.814. The Morgan fingerprint density at radius 3 is 2.67 bits per heavy atom. The maximum Gasteiger partial charge on any atom is 0.140 e. The Hall–Kier alpha value is -0.530. The minimum Gasteiger partial charge on any atom is -0.299 e. The number of benzene rings is 1. The van der Waals surface area contributed by atoms with Crippen LogP contribution < -0.4 is 0 Å². The minimum absolute atomic E-state index is 0.0834. The summed E-state index contributed by atoms with van der Waals surface area (Å²) in [6.07, 6.45) is 1.23. The Morgan fingerprint density at radius 2 is 2.07 bits per heavy atom. The zero-order valence-electron chi connectivity index (χ0n) is 8.89. The smallest absolute Gasteiger partial charge is 0.140 e. The van der Waals surface area contributed by atoms with Crippen LogP contribution in [0, 0.1) is 5.92 Å². The van der Waals surface area contributed by atoms with E-state index in [0.29, 0.717) is 16.5 Å². The van der Waals surface area contributed by atoms with Crippen molar-refractivity contribution in [3.8, 4) is 0 Å². The largest absolute Gasteiger partial charge is 0.299 e. The van der Waals surface area contributed by atoms with Crippen LogP contribution in [0.1, 0.15) is 25.8 Å². The zero-order valence-corrected chi connectivity index (χ0v) is 10.4. The molecule has 3 heteroatoms. The molecule has 1 unspecified atom stereocenters. The highest BCUT2D eigenvalue weighted by Crippen LogP contribution is 2.26. The van der Waals surface area contributed by atoms with E-state index >= 15 is 0 Å². The molecule has 0 spiro atoms. The van der Waals surface area contributed by atoms with Crippen LogP contribution in [0.5, 0.6) is 0 Å². The second kappa shape index (κ2) is 5.53. The molecule has 1 nitrogen and oxygen atoms in total. The lowest BCUT2D eigenvalue weighted by atomic mass is 9.97. The highest BCUT2D eigenvalue weighted by Gasteiger charge is 2.13. The molecule has 82 valence electrons. The Kier molecular flexibility index (Phi) is 4.62. The van der Waals surface area contributed by atoms with Crippen molar-refractivity contribution < 1.29 is 4.79 Å². The molecule has 0 saturated heterocycles. The molecule has 1 atom stereocenters. The second-order valence-corrected chi connectivity index (χ2v) is 4.45. The second-order valence-electron chi connectivity index (χ2n) is 3.67. The number of carbonyl (C=O) groups excluding carboxylic acids is 1. The van der Waals surface area contributed by atoms with Gasteiger partial charge in [-0.2, -0.15) is 0 Å². The van der Waals surface area contributed by atoms with Crippen LogP contribution in [-0.2, 0) is 11.2 Å². The summed E-state index contributed by atoms with van der Waals surface area (Å²) in [6, 6.07) is 5.38. The highest BCUT2D eigenvalue weighted by atomic mass is 35.5. The molecular formula is C12H14Cl2O. The van der Waals surface area contributed by atoms with Crippen LogP contribution in [0.25, 0.3) is 0 Å². The lowest BCUT2D eigenvalue weighted by molar-refractivity contribution is -0.121. The molecule has 0 radical (unpaired) electrons. The van der Waals surface area contributed by atoms with Crippen LogP contribution in [0.3, 0.4) is 0 Å². The first-order valence-corrected chi connectivity index (χ1v) is 5.77. The lowest BCUT2D eigenvalue weighted by Crippen LogP contribution is -2.12. The molecule has 0 aliphatic carbocycles. The van der Waals surface area contributed by atoms with Gasteiger partial charge in [-0.25, -0.2) is 0 Å². The summed E-state index contributed by atoms with van der Waals surface area (Å²) in [4.78, 5) is 11.7. The molecule has 0 heterocycles. The molecule has 0 N–H and O–H groups in total. The Bertz CT molecular complexity index is 361. The van der Waals surface area contributed by atoms with E-state index in [1.54, 1.807) is 6.07 Å². The van der Waals surface area contributed by atoms with Crippen molar-refractivity contribution in [2.75, 3.05) is 0 Å². The SMILES string of the molecule is CCC(C)C(=O)Cc1cccc(Cl)c1Cl. The maximum absolute atomic E-state index is 11.7. The summed E-state index contributed by atoms with van der Waals surface area (Å²) < 4.78 is 0. The van der Waals surface area contributed by atoms with Gasteiger partial charge in [0.2, 0.25) is 0 Å². The van der Waals surface area contributed by atoms with E-state index in [1.165, 1.54) is 0 Å². The molecule has 15 heavy (non-hydrogen) atoms. The number of hydrogen-bond acceptors (Lipinski definition) is 1. The van der Waals surface area contributed by atoms with Crippen molar-refractivity contribution in [1.82, 2.24) is 0 Å². The zero-order chi connectivity index (χ0) is 11.4. The van der Waals surface area contributed by atoms with Crippen LogP contribution in [0.4, 0.5) is 0 Å². The molecule has 0 aromatic heterocycles. The normalized spacial score (nSPS) is 12.5. The van der Waals surface area contributed by atoms with Crippen molar-refractivity contribution in [3.05, 3.63) is 33.8 Å². The molecule has 0 saturated carbocycles. The van der Waals surface area contributed by atoms with Gasteiger partial charge in [-0.15, -0.1) is 0 Å². The van der Waals surface area contributed by atoms with Crippen molar-refractivity contribution in [2.45, 2.75) is 26.7 Å². The summed E-state index contributed by atoms with van der Waals surface area (Å²) in [6.45, 7) is 3.93. The summed E-state index contributed by atoms with van der Waals surface area (Å²) in [5.74, 6) is 0.293. The van der Waals surface area contributed by atoms with Crippen LogP contribution in [0.15, 0.2) is 18.2 Å². The van der Waals surface area contributed by atoms with Gasteiger partial charge in [0.25, 0.3) is 0 Å². The van der Waals surface area contributed by atoms with Gasteiger partial charge in [0.05, 0.1) is 10.0 Å². The lowest BCUT2D eigenvalue weighted by Gasteiger charge is -2.09. The monoisotopic (exact) mass is 244 g/mol. The van der Waals surface area contributed by atoms with Gasteiger partial charge in [0.15, 0.2) is 0 Å². The van der Waals surface area contributed by atoms with Gasteiger partial charge in [-0.3, -0.25) is 4.79 Å². The van der Waals surface area contributed by atoms with Gasteiger partial charge in [-0.05, 0) is 18.1 Å². The van der Waals surface area contributed by atoms with Gasteiger partial charge in [0, 0.05) is 12.3 Å². The fraction of sp³-hybridized carbons (Fsp3) is 0.417. The minimum atomic E-state index is 0.0834. The van der Waals surface area contributed by atoms with Crippen LogP contribution >= 0.6 is 23.2 Å². The van der Waals surface area contributed by atoms with E-state index in [1.807, 2.05) is 26.0 Å². The average molecular weight is 245 g/mol. The van der Waals surface area contributed by atoms with E-state index in [-0.39, 0.29) is 11.7 Å². The van der Waals surface area contributed by atoms with Crippen LogP contribution in [0.2, 0.25) is 10.0 Å². The number of ketones is 1. The molecule has 1 aromatic rings. The van der Waals surface area contributed by atoms with E-state index in [4.69, 9.17) is 23.2 Å². The van der Waals surface area contributed by atoms with Gasteiger partial charge in [-0.1, -0.05) is 49.2 Å². The summed E-state index contributed by atoms with van der Waals surface area (Å²) >= 11 is 11.9. The summed E-state index contributed by atoms with van der Waals surface area (Å²) in [5, 5.41) is 1.00. The third-order valence-electron chi connectivity index (χ3n) is 2.56. The Labute approximate surface area is 100 Å². The standard InChI is InChI=1S/C12H14Cl2O/c1-3-8(2)11(15)7-9-5-4-6-10(13)12(9)14/h4-6,8H,3,7H2,1-2H3. The Morgan fingerprint density at radius 1 is 1.40 bits per heavy atom. The van der Waals surface area contributed by atoms with Crippen molar-refractivity contribution >= 4 is 29.0 Å². The molecule has 0 fully saturated rings. The summed E-state index contributed by atoms with van der Waals surface area (Å²) in [7, 11) is 0. The number of Topliss-reactive ketones (excluding diaryl/α,β-unsaturated/α-hetero) is 1. The number of hydrogen-bond donors (Lipinski definition) is 0. The Balaban J connectivity index is 2.81. The predicted octanol–water partition coefficient (Wildman–Crippen LogP) is 4.15. The first-order chi connectivity index (χ1) is 7.06. The first kappa shape index (κ1) is 12.5. The van der Waals surface area contributed by atoms with Gasteiger partial charge < -0.3 is 0 Å². The van der Waals surface area contributed by atoms with Crippen molar-refractivity contribution in [3.63, 3.8) is 0 Å². The molecule has 0 aliphatic rings. The van der Waals surface area contributed by atoms with E-state index in [0.717, 1.165) is 12.0 Å². The van der Waals surface area contributed by atoms with Crippen molar-refractivity contribution in [2.24, 2.45) is 5.92 Å². The van der Waals surface area contributed by atoms with Gasteiger partial charge in [0.1, 0.15) is 5.78 Å². The number of halogens is 2. The topological polar surface area (TPSA) is 17.1 Å². The van der Waals surface area contributed by atoms with E-state index in [2.05, 4.69) is 0 Å². The fourth-order valence-corrected chi connectivity index (χ4v) is 1.66. The maximum atomic E-state index is 11.7. The van der Waals surface area contributed by atoms with Gasteiger partial charge >= 0.3 is 0 Å². The number of carbonyl (C=O) groups is 1. The highest BCUT2D eigenvalue weighted by molar-refractivity contribution is 6.42. The molecule has 1 rings (SSSR count). The fourth-order valence-electron chi connectivity index (χ4n) is 1.27. The third kappa shape index (κ3) is 3.22. The number of rotatable bonds is 4. The molecule has 0 aliphatic heterocycles. The molecular weight excluding hydrogens is 231 g/mol. The molecule has 0 bridgehead atoms. The van der Waals surface area contributed by atoms with Crippen molar-refractivity contribution in [1.29, 1.82) is 0 Å². The molecule has 0 amide bonds. The average Bonchev–Trinajstić information content (AvgIpc) is 2.23. The van der Waals surface area contributed by atoms with E-state index in [9.17, 15) is 4.79 Å². The van der Waals surface area contributed by atoms with Crippen LogP contribution in [-0.4, -0.2) is 5.78 Å². The predicted molar refractivity (Wildman–Crippen MR) is 64.6 cm³/mol. The third-order valence-corrected chi connectivity index (χ3v) is 3.42.